The molecule has 0 amide bonds. The van der Waals surface area contributed by atoms with Crippen molar-refractivity contribution in [3.63, 3.8) is 0 Å². The van der Waals surface area contributed by atoms with Crippen LogP contribution in [0.4, 0.5) is 5.69 Å². The number of rotatable bonds is 5. The summed E-state index contributed by atoms with van der Waals surface area (Å²) < 4.78 is 1.93. The van der Waals surface area contributed by atoms with E-state index < -0.39 is 5.97 Å². The third-order valence-electron chi connectivity index (χ3n) is 2.46. The second-order valence-electron chi connectivity index (χ2n) is 4.01. The lowest BCUT2D eigenvalue weighted by molar-refractivity contribution is 0.0691. The van der Waals surface area contributed by atoms with E-state index in [4.69, 9.17) is 5.11 Å². The van der Waals surface area contributed by atoms with Crippen LogP contribution in [-0.4, -0.2) is 31.7 Å². The molecule has 6 heteroatoms. The van der Waals surface area contributed by atoms with Crippen molar-refractivity contribution >= 4 is 11.7 Å². The van der Waals surface area contributed by atoms with E-state index in [2.05, 4.69) is 15.3 Å². The Balaban J connectivity index is 2.07. The van der Waals surface area contributed by atoms with E-state index in [0.717, 1.165) is 0 Å². The molecular weight excluding hydrogens is 232 g/mol. The monoisotopic (exact) mass is 246 g/mol. The van der Waals surface area contributed by atoms with E-state index in [1.165, 1.54) is 6.20 Å². The summed E-state index contributed by atoms with van der Waals surface area (Å²) >= 11 is 0. The van der Waals surface area contributed by atoms with Gasteiger partial charge in [0.2, 0.25) is 0 Å². The van der Waals surface area contributed by atoms with Crippen molar-refractivity contribution in [1.82, 2.24) is 14.5 Å². The number of pyridine rings is 1. The number of imidazole rings is 1. The van der Waals surface area contributed by atoms with Gasteiger partial charge in [0, 0.05) is 31.2 Å². The maximum Gasteiger partial charge on any atom is 0.356 e. The normalized spacial score (nSPS) is 12.1. The van der Waals surface area contributed by atoms with E-state index >= 15 is 0 Å². The lowest BCUT2D eigenvalue weighted by Crippen LogP contribution is -2.23. The molecule has 1 atom stereocenters. The Kier molecular flexibility index (Phi) is 3.57. The third-order valence-corrected chi connectivity index (χ3v) is 2.46. The maximum atomic E-state index is 11.0. The fourth-order valence-electron chi connectivity index (χ4n) is 1.71. The molecule has 0 aliphatic carbocycles. The number of anilines is 1. The Morgan fingerprint density at radius 3 is 3.06 bits per heavy atom. The molecule has 0 fully saturated rings. The summed E-state index contributed by atoms with van der Waals surface area (Å²) in [5.41, 5.74) is 0.563. The first-order chi connectivity index (χ1) is 8.66. The van der Waals surface area contributed by atoms with Crippen LogP contribution in [0.1, 0.15) is 17.4 Å². The zero-order chi connectivity index (χ0) is 13.0. The quantitative estimate of drug-likeness (QED) is 0.835. The van der Waals surface area contributed by atoms with Crippen LogP contribution in [-0.2, 0) is 6.54 Å². The topological polar surface area (TPSA) is 80.0 Å². The van der Waals surface area contributed by atoms with Gasteiger partial charge in [0.05, 0.1) is 12.0 Å². The lowest BCUT2D eigenvalue weighted by Gasteiger charge is -2.16. The molecule has 0 aliphatic heterocycles. The maximum absolute atomic E-state index is 11.0. The summed E-state index contributed by atoms with van der Waals surface area (Å²) in [5.74, 6) is -1.03. The van der Waals surface area contributed by atoms with Crippen molar-refractivity contribution in [2.24, 2.45) is 0 Å². The molecule has 0 aliphatic rings. The van der Waals surface area contributed by atoms with Gasteiger partial charge in [-0.05, 0) is 19.1 Å². The van der Waals surface area contributed by atoms with Crippen molar-refractivity contribution in [3.8, 4) is 0 Å². The fraction of sp³-hybridized carbons (Fsp3) is 0.250. The van der Waals surface area contributed by atoms with E-state index in [1.807, 2.05) is 17.7 Å². The molecule has 18 heavy (non-hydrogen) atoms. The van der Waals surface area contributed by atoms with E-state index in [0.29, 0.717) is 12.2 Å². The number of carboxylic acids is 1. The number of hydrogen-bond donors (Lipinski definition) is 2. The van der Waals surface area contributed by atoms with E-state index in [-0.39, 0.29) is 11.7 Å². The van der Waals surface area contributed by atoms with Crippen LogP contribution in [0.25, 0.3) is 0 Å². The molecule has 0 saturated heterocycles. The lowest BCUT2D eigenvalue weighted by atomic mass is 10.2. The summed E-state index contributed by atoms with van der Waals surface area (Å²) in [6.45, 7) is 2.67. The van der Waals surface area contributed by atoms with Gasteiger partial charge < -0.3 is 15.0 Å². The van der Waals surface area contributed by atoms with E-state index in [1.54, 1.807) is 24.7 Å². The Hall–Kier alpha value is -2.37. The summed E-state index contributed by atoms with van der Waals surface area (Å²) in [6, 6.07) is 3.49. The zero-order valence-electron chi connectivity index (χ0n) is 9.95. The highest BCUT2D eigenvalue weighted by Crippen LogP contribution is 2.13. The molecule has 2 heterocycles. The smallest absolute Gasteiger partial charge is 0.356 e. The minimum absolute atomic E-state index is 0.0370. The number of aromatic nitrogens is 3. The van der Waals surface area contributed by atoms with Crippen molar-refractivity contribution < 1.29 is 9.90 Å². The van der Waals surface area contributed by atoms with Gasteiger partial charge in [0.15, 0.2) is 5.69 Å². The molecule has 0 spiro atoms. The predicted molar refractivity (Wildman–Crippen MR) is 66.5 cm³/mol. The Morgan fingerprint density at radius 2 is 2.39 bits per heavy atom. The molecule has 94 valence electrons. The summed E-state index contributed by atoms with van der Waals surface area (Å²) in [4.78, 5) is 18.8. The van der Waals surface area contributed by atoms with Gasteiger partial charge in [-0.1, -0.05) is 0 Å². The van der Waals surface area contributed by atoms with Crippen LogP contribution in [0.5, 0.6) is 0 Å². The van der Waals surface area contributed by atoms with Gasteiger partial charge in [-0.25, -0.2) is 14.8 Å². The van der Waals surface area contributed by atoms with Gasteiger partial charge in [0.1, 0.15) is 0 Å². The number of nitrogens with one attached hydrogen (secondary N) is 1. The van der Waals surface area contributed by atoms with Crippen molar-refractivity contribution in [3.05, 3.63) is 42.7 Å². The highest BCUT2D eigenvalue weighted by atomic mass is 16.4. The molecular formula is C12H14N4O2. The average molecular weight is 246 g/mol. The molecule has 2 aromatic rings. The standard InChI is InChI=1S/C12H14N4O2/c1-9(7-16-6-5-13-8-16)15-10-3-2-4-14-11(10)12(17)18/h2-6,8-9,15H,7H2,1H3,(H,17,18). The van der Waals surface area contributed by atoms with Crippen LogP contribution < -0.4 is 5.32 Å². The summed E-state index contributed by atoms with van der Waals surface area (Å²) in [5, 5.41) is 12.2. The minimum Gasteiger partial charge on any atom is -0.476 e. The highest BCUT2D eigenvalue weighted by molar-refractivity contribution is 5.91. The molecule has 0 bridgehead atoms. The van der Waals surface area contributed by atoms with Gasteiger partial charge in [0.25, 0.3) is 0 Å². The molecule has 1 unspecified atom stereocenters. The molecule has 2 rings (SSSR count). The number of carboxylic acid groups (broad SMARTS) is 1. The molecule has 0 aromatic carbocycles. The second kappa shape index (κ2) is 5.31. The van der Waals surface area contributed by atoms with Gasteiger partial charge >= 0.3 is 5.97 Å². The molecule has 2 N–H and O–H groups in total. The van der Waals surface area contributed by atoms with Gasteiger partial charge in [-0.15, -0.1) is 0 Å². The Morgan fingerprint density at radius 1 is 1.56 bits per heavy atom. The first kappa shape index (κ1) is 12.1. The number of nitrogens with zero attached hydrogens (tertiary/aromatic N) is 3. The third kappa shape index (κ3) is 2.85. The van der Waals surface area contributed by atoms with E-state index in [9.17, 15) is 4.79 Å². The first-order valence-corrected chi connectivity index (χ1v) is 5.57. The van der Waals surface area contributed by atoms with Crippen LogP contribution in [0.2, 0.25) is 0 Å². The van der Waals surface area contributed by atoms with Crippen LogP contribution >= 0.6 is 0 Å². The number of aromatic carboxylic acids is 1. The Bertz CT molecular complexity index is 525. The van der Waals surface area contributed by atoms with Gasteiger partial charge in [-0.3, -0.25) is 0 Å². The SMILES string of the molecule is CC(Cn1ccnc1)Nc1cccnc1C(=O)O. The molecule has 0 saturated carbocycles. The zero-order valence-corrected chi connectivity index (χ0v) is 9.95. The van der Waals surface area contributed by atoms with Crippen molar-refractivity contribution in [1.29, 1.82) is 0 Å². The fourth-order valence-corrected chi connectivity index (χ4v) is 1.71. The largest absolute Gasteiger partial charge is 0.476 e. The summed E-state index contributed by atoms with van der Waals surface area (Å²) in [7, 11) is 0. The van der Waals surface area contributed by atoms with Crippen LogP contribution in [0.3, 0.4) is 0 Å². The number of carbonyl (C=O) groups is 1. The average Bonchev–Trinajstić information content (AvgIpc) is 2.82. The van der Waals surface area contributed by atoms with Crippen molar-refractivity contribution in [2.75, 3.05) is 5.32 Å². The Labute approximate surface area is 104 Å². The van der Waals surface area contributed by atoms with Crippen LogP contribution in [0.15, 0.2) is 37.1 Å². The predicted octanol–water partition coefficient (Wildman–Crippen LogP) is 1.48. The van der Waals surface area contributed by atoms with Crippen LogP contribution in [0, 0.1) is 0 Å². The first-order valence-electron chi connectivity index (χ1n) is 5.57. The molecule has 6 nitrogen and oxygen atoms in total. The highest BCUT2D eigenvalue weighted by Gasteiger charge is 2.12. The molecule has 2 aromatic heterocycles. The molecule has 0 radical (unpaired) electrons. The number of hydrogen-bond acceptors (Lipinski definition) is 4. The van der Waals surface area contributed by atoms with Crippen molar-refractivity contribution in [2.45, 2.75) is 19.5 Å². The summed E-state index contributed by atoms with van der Waals surface area (Å²) in [6.07, 6.45) is 6.76. The minimum atomic E-state index is -1.03. The second-order valence-corrected chi connectivity index (χ2v) is 4.01. The van der Waals surface area contributed by atoms with Gasteiger partial charge in [-0.2, -0.15) is 0 Å².